The second-order valence-electron chi connectivity index (χ2n) is 6.52. The summed E-state index contributed by atoms with van der Waals surface area (Å²) in [5.41, 5.74) is 4.87. The Hall–Kier alpha value is -2.69. The van der Waals surface area contributed by atoms with Crippen LogP contribution in [0.15, 0.2) is 43.3 Å². The second-order valence-corrected chi connectivity index (χ2v) is 6.52. The summed E-state index contributed by atoms with van der Waals surface area (Å²) in [7, 11) is 3.57. The summed E-state index contributed by atoms with van der Waals surface area (Å²) in [5.74, 6) is 1.48. The van der Waals surface area contributed by atoms with Gasteiger partial charge < -0.3 is 14.4 Å². The zero-order valence-corrected chi connectivity index (χ0v) is 15.4. The first kappa shape index (κ1) is 17.1. The Bertz CT molecular complexity index is 820. The zero-order chi connectivity index (χ0) is 18.1. The molecule has 0 bridgehead atoms. The Morgan fingerprint density at radius 1 is 1.24 bits per heavy atom. The highest BCUT2D eigenvalue weighted by molar-refractivity contribution is 5.83. The van der Waals surface area contributed by atoms with Gasteiger partial charge in [0.05, 0.1) is 24.6 Å². The van der Waals surface area contributed by atoms with Crippen molar-refractivity contribution in [1.82, 2.24) is 9.78 Å². The standard InChI is InChI=1S/C20H25N3O2/c1-13(2)25-20-12-18-16(11-19(20)24-6)8-7-14(3)23(18)15(4)17-9-10-22(5)21-17/h9-13H,3-4,7-8H2,1-2,5-6H3. The van der Waals surface area contributed by atoms with Crippen molar-refractivity contribution in [3.05, 3.63) is 54.5 Å². The molecule has 1 aromatic carbocycles. The van der Waals surface area contributed by atoms with Gasteiger partial charge in [0.1, 0.15) is 5.69 Å². The van der Waals surface area contributed by atoms with Crippen LogP contribution in [0.4, 0.5) is 5.69 Å². The molecule has 0 unspecified atom stereocenters. The molecule has 132 valence electrons. The predicted molar refractivity (Wildman–Crippen MR) is 101 cm³/mol. The summed E-state index contributed by atoms with van der Waals surface area (Å²) < 4.78 is 13.2. The first-order chi connectivity index (χ1) is 11.9. The average Bonchev–Trinajstić information content (AvgIpc) is 3.00. The molecule has 5 heteroatoms. The van der Waals surface area contributed by atoms with E-state index in [-0.39, 0.29) is 6.10 Å². The van der Waals surface area contributed by atoms with Gasteiger partial charge in [-0.2, -0.15) is 5.10 Å². The second kappa shape index (κ2) is 6.67. The van der Waals surface area contributed by atoms with Crippen molar-refractivity contribution in [3.63, 3.8) is 0 Å². The molecule has 0 saturated carbocycles. The molecule has 1 aromatic heterocycles. The number of aromatic nitrogens is 2. The molecule has 0 fully saturated rings. The molecule has 1 aliphatic heterocycles. The van der Waals surface area contributed by atoms with Crippen molar-refractivity contribution in [2.45, 2.75) is 32.8 Å². The maximum Gasteiger partial charge on any atom is 0.163 e. The summed E-state index contributed by atoms with van der Waals surface area (Å²) in [6, 6.07) is 6.03. The first-order valence-electron chi connectivity index (χ1n) is 8.45. The number of allylic oxidation sites excluding steroid dienone is 1. The summed E-state index contributed by atoms with van der Waals surface area (Å²) in [6.07, 6.45) is 3.76. The fraction of sp³-hybridized carbons (Fsp3) is 0.350. The van der Waals surface area contributed by atoms with E-state index in [2.05, 4.69) is 29.2 Å². The molecule has 2 heterocycles. The van der Waals surface area contributed by atoms with E-state index in [1.165, 1.54) is 5.56 Å². The monoisotopic (exact) mass is 339 g/mol. The van der Waals surface area contributed by atoms with Crippen LogP contribution in [-0.2, 0) is 13.5 Å². The van der Waals surface area contributed by atoms with Crippen LogP contribution < -0.4 is 14.4 Å². The van der Waals surface area contributed by atoms with E-state index in [1.54, 1.807) is 11.8 Å². The minimum absolute atomic E-state index is 0.0613. The van der Waals surface area contributed by atoms with Crippen LogP contribution in [0.1, 0.15) is 31.5 Å². The molecular weight excluding hydrogens is 314 g/mol. The van der Waals surface area contributed by atoms with Crippen LogP contribution in [0.25, 0.3) is 5.70 Å². The molecule has 0 N–H and O–H groups in total. The summed E-state index contributed by atoms with van der Waals surface area (Å²) in [4.78, 5) is 2.08. The highest BCUT2D eigenvalue weighted by Crippen LogP contribution is 2.43. The Kier molecular flexibility index (Phi) is 4.57. The minimum Gasteiger partial charge on any atom is -0.493 e. The largest absolute Gasteiger partial charge is 0.493 e. The van der Waals surface area contributed by atoms with Gasteiger partial charge >= 0.3 is 0 Å². The van der Waals surface area contributed by atoms with Gasteiger partial charge in [-0.1, -0.05) is 13.2 Å². The summed E-state index contributed by atoms with van der Waals surface area (Å²) in [5, 5.41) is 4.48. The molecule has 0 aliphatic carbocycles. The highest BCUT2D eigenvalue weighted by atomic mass is 16.5. The lowest BCUT2D eigenvalue weighted by molar-refractivity contribution is 0.230. The van der Waals surface area contributed by atoms with Crippen LogP contribution in [0, 0.1) is 0 Å². The molecule has 0 saturated heterocycles. The smallest absolute Gasteiger partial charge is 0.163 e. The summed E-state index contributed by atoms with van der Waals surface area (Å²) >= 11 is 0. The number of ether oxygens (including phenoxy) is 2. The number of rotatable bonds is 5. The third-order valence-corrected chi connectivity index (χ3v) is 4.25. The topological polar surface area (TPSA) is 39.5 Å². The van der Waals surface area contributed by atoms with Crippen molar-refractivity contribution in [1.29, 1.82) is 0 Å². The van der Waals surface area contributed by atoms with Crippen LogP contribution in [-0.4, -0.2) is 23.0 Å². The van der Waals surface area contributed by atoms with E-state index in [0.717, 1.165) is 47.1 Å². The number of methoxy groups -OCH3 is 1. The molecule has 5 nitrogen and oxygen atoms in total. The zero-order valence-electron chi connectivity index (χ0n) is 15.4. The number of hydrogen-bond donors (Lipinski definition) is 0. The van der Waals surface area contributed by atoms with E-state index >= 15 is 0 Å². The van der Waals surface area contributed by atoms with Crippen LogP contribution in [0.5, 0.6) is 11.5 Å². The Morgan fingerprint density at radius 2 is 2.00 bits per heavy atom. The van der Waals surface area contributed by atoms with Crippen molar-refractivity contribution in [2.24, 2.45) is 7.05 Å². The van der Waals surface area contributed by atoms with Crippen LogP contribution >= 0.6 is 0 Å². The maximum atomic E-state index is 5.94. The molecule has 1 aliphatic rings. The van der Waals surface area contributed by atoms with Crippen molar-refractivity contribution < 1.29 is 9.47 Å². The van der Waals surface area contributed by atoms with E-state index < -0.39 is 0 Å². The van der Waals surface area contributed by atoms with Gasteiger partial charge in [-0.15, -0.1) is 0 Å². The van der Waals surface area contributed by atoms with Gasteiger partial charge in [0, 0.05) is 25.0 Å². The quantitative estimate of drug-likeness (QED) is 0.820. The van der Waals surface area contributed by atoms with E-state index in [4.69, 9.17) is 9.47 Å². The number of hydrogen-bond acceptors (Lipinski definition) is 4. The van der Waals surface area contributed by atoms with E-state index in [0.29, 0.717) is 0 Å². The highest BCUT2D eigenvalue weighted by Gasteiger charge is 2.26. The predicted octanol–water partition coefficient (Wildman–Crippen LogP) is 4.15. The molecule has 0 radical (unpaired) electrons. The van der Waals surface area contributed by atoms with Gasteiger partial charge in [-0.05, 0) is 44.4 Å². The molecule has 0 amide bonds. The lowest BCUT2D eigenvalue weighted by Crippen LogP contribution is -2.25. The molecule has 0 atom stereocenters. The van der Waals surface area contributed by atoms with Crippen molar-refractivity contribution >= 4 is 11.4 Å². The lowest BCUT2D eigenvalue weighted by atomic mass is 9.98. The van der Waals surface area contributed by atoms with Crippen LogP contribution in [0.3, 0.4) is 0 Å². The van der Waals surface area contributed by atoms with Crippen LogP contribution in [0.2, 0.25) is 0 Å². The van der Waals surface area contributed by atoms with E-state index in [9.17, 15) is 0 Å². The third kappa shape index (κ3) is 3.27. The molecule has 25 heavy (non-hydrogen) atoms. The Balaban J connectivity index is 2.07. The maximum absolute atomic E-state index is 5.94. The Morgan fingerprint density at radius 3 is 2.60 bits per heavy atom. The number of anilines is 1. The average molecular weight is 339 g/mol. The van der Waals surface area contributed by atoms with E-state index in [1.807, 2.05) is 39.2 Å². The van der Waals surface area contributed by atoms with Gasteiger partial charge in [0.15, 0.2) is 11.5 Å². The SMILES string of the molecule is C=C1CCc2cc(OC)c(OC(C)C)cc2N1C(=C)c1ccn(C)n1. The number of aryl methyl sites for hydroxylation is 2. The molecule has 2 aromatic rings. The van der Waals surface area contributed by atoms with Crippen molar-refractivity contribution in [3.8, 4) is 11.5 Å². The van der Waals surface area contributed by atoms with Gasteiger partial charge in [-0.3, -0.25) is 4.68 Å². The number of nitrogens with zero attached hydrogens (tertiary/aromatic N) is 3. The molecular formula is C20H25N3O2. The van der Waals surface area contributed by atoms with Crippen molar-refractivity contribution in [2.75, 3.05) is 12.0 Å². The lowest BCUT2D eigenvalue weighted by Gasteiger charge is -2.34. The van der Waals surface area contributed by atoms with Gasteiger partial charge in [-0.25, -0.2) is 0 Å². The fourth-order valence-corrected chi connectivity index (χ4v) is 3.09. The third-order valence-electron chi connectivity index (χ3n) is 4.25. The first-order valence-corrected chi connectivity index (χ1v) is 8.45. The van der Waals surface area contributed by atoms with Gasteiger partial charge in [0.25, 0.3) is 0 Å². The Labute approximate surface area is 149 Å². The number of benzene rings is 1. The normalized spacial score (nSPS) is 13.8. The molecule has 3 rings (SSSR count). The number of fused-ring (bicyclic) bond motifs is 1. The van der Waals surface area contributed by atoms with Gasteiger partial charge in [0.2, 0.25) is 0 Å². The summed E-state index contributed by atoms with van der Waals surface area (Å²) in [6.45, 7) is 12.5. The molecule has 0 spiro atoms. The minimum atomic E-state index is 0.0613. The fourth-order valence-electron chi connectivity index (χ4n) is 3.09.